The molecule has 0 fully saturated rings. The lowest BCUT2D eigenvalue weighted by atomic mass is 10.1. The van der Waals surface area contributed by atoms with Gasteiger partial charge in [0.2, 0.25) is 0 Å². The minimum absolute atomic E-state index is 0.171. The van der Waals surface area contributed by atoms with Crippen LogP contribution < -0.4 is 9.47 Å². The van der Waals surface area contributed by atoms with Gasteiger partial charge in [0.15, 0.2) is 0 Å². The average molecular weight is 382 g/mol. The van der Waals surface area contributed by atoms with Crippen LogP contribution in [0.15, 0.2) is 28.9 Å². The number of aromatic nitrogens is 2. The molecule has 0 aliphatic rings. The SMILES string of the molecule is CCn1ncc(Br)c1CN(C)C(=O)c1c(OC)cccc1OC. The summed E-state index contributed by atoms with van der Waals surface area (Å²) in [6.45, 7) is 3.17. The van der Waals surface area contributed by atoms with E-state index in [1.807, 2.05) is 11.6 Å². The Kier molecular flexibility index (Phi) is 5.65. The minimum Gasteiger partial charge on any atom is -0.496 e. The Bertz CT molecular complexity index is 678. The van der Waals surface area contributed by atoms with Gasteiger partial charge in [-0.2, -0.15) is 5.10 Å². The average Bonchev–Trinajstić information content (AvgIpc) is 2.93. The highest BCUT2D eigenvalue weighted by molar-refractivity contribution is 9.10. The predicted octanol–water partition coefficient (Wildman–Crippen LogP) is 2.95. The van der Waals surface area contributed by atoms with E-state index in [9.17, 15) is 4.79 Å². The molecule has 0 radical (unpaired) electrons. The van der Waals surface area contributed by atoms with Crippen LogP contribution in [0.4, 0.5) is 0 Å². The molecule has 0 aliphatic heterocycles. The zero-order chi connectivity index (χ0) is 17.0. The first-order chi connectivity index (χ1) is 11.0. The molecule has 0 saturated heterocycles. The first-order valence-corrected chi connectivity index (χ1v) is 7.99. The summed E-state index contributed by atoms with van der Waals surface area (Å²) in [6, 6.07) is 5.28. The lowest BCUT2D eigenvalue weighted by Gasteiger charge is -2.21. The summed E-state index contributed by atoms with van der Waals surface area (Å²) in [5, 5.41) is 4.27. The van der Waals surface area contributed by atoms with Crippen molar-refractivity contribution in [2.24, 2.45) is 0 Å². The first-order valence-electron chi connectivity index (χ1n) is 7.20. The third kappa shape index (κ3) is 3.50. The van der Waals surface area contributed by atoms with Gasteiger partial charge in [-0.25, -0.2) is 0 Å². The highest BCUT2D eigenvalue weighted by Gasteiger charge is 2.23. The molecule has 0 aliphatic carbocycles. The van der Waals surface area contributed by atoms with Crippen molar-refractivity contribution in [3.63, 3.8) is 0 Å². The number of benzene rings is 1. The second-order valence-electron chi connectivity index (χ2n) is 4.95. The van der Waals surface area contributed by atoms with E-state index in [4.69, 9.17) is 9.47 Å². The summed E-state index contributed by atoms with van der Waals surface area (Å²) in [5.74, 6) is 0.809. The number of carbonyl (C=O) groups excluding carboxylic acids is 1. The molecule has 1 amide bonds. The zero-order valence-electron chi connectivity index (χ0n) is 13.7. The second-order valence-corrected chi connectivity index (χ2v) is 5.81. The number of hydrogen-bond donors (Lipinski definition) is 0. The monoisotopic (exact) mass is 381 g/mol. The van der Waals surface area contributed by atoms with Crippen molar-refractivity contribution in [2.45, 2.75) is 20.0 Å². The van der Waals surface area contributed by atoms with E-state index in [-0.39, 0.29) is 5.91 Å². The molecule has 0 unspecified atom stereocenters. The van der Waals surface area contributed by atoms with Gasteiger partial charge in [0, 0.05) is 13.6 Å². The number of aryl methyl sites for hydroxylation is 1. The molecule has 0 bridgehead atoms. The van der Waals surface area contributed by atoms with E-state index in [0.29, 0.717) is 23.6 Å². The van der Waals surface area contributed by atoms with E-state index in [1.54, 1.807) is 36.3 Å². The molecular weight excluding hydrogens is 362 g/mol. The first kappa shape index (κ1) is 17.3. The summed E-state index contributed by atoms with van der Waals surface area (Å²) >= 11 is 3.48. The van der Waals surface area contributed by atoms with E-state index in [0.717, 1.165) is 16.7 Å². The maximum Gasteiger partial charge on any atom is 0.261 e. The van der Waals surface area contributed by atoms with Crippen LogP contribution in [0.5, 0.6) is 11.5 Å². The van der Waals surface area contributed by atoms with Crippen LogP contribution >= 0.6 is 15.9 Å². The van der Waals surface area contributed by atoms with Crippen molar-refractivity contribution in [1.29, 1.82) is 0 Å². The molecule has 0 atom stereocenters. The fourth-order valence-corrected chi connectivity index (χ4v) is 2.79. The van der Waals surface area contributed by atoms with Crippen LogP contribution in [0.1, 0.15) is 23.0 Å². The molecular formula is C16H20BrN3O3. The molecule has 0 spiro atoms. The summed E-state index contributed by atoms with van der Waals surface area (Å²) < 4.78 is 13.4. The molecule has 2 aromatic rings. The number of halogens is 1. The number of ether oxygens (including phenoxy) is 2. The van der Waals surface area contributed by atoms with Gasteiger partial charge in [0.1, 0.15) is 17.1 Å². The highest BCUT2D eigenvalue weighted by atomic mass is 79.9. The number of carbonyl (C=O) groups is 1. The van der Waals surface area contributed by atoms with Gasteiger partial charge in [0.25, 0.3) is 5.91 Å². The Balaban J connectivity index is 2.32. The maximum atomic E-state index is 12.9. The van der Waals surface area contributed by atoms with Gasteiger partial charge in [0.05, 0.1) is 37.1 Å². The topological polar surface area (TPSA) is 56.6 Å². The van der Waals surface area contributed by atoms with Gasteiger partial charge in [-0.05, 0) is 35.0 Å². The molecule has 7 heteroatoms. The largest absolute Gasteiger partial charge is 0.496 e. The lowest BCUT2D eigenvalue weighted by molar-refractivity contribution is 0.0774. The Morgan fingerprint density at radius 2 is 1.91 bits per heavy atom. The van der Waals surface area contributed by atoms with Crippen molar-refractivity contribution < 1.29 is 14.3 Å². The van der Waals surface area contributed by atoms with Crippen LogP contribution in [-0.2, 0) is 13.1 Å². The van der Waals surface area contributed by atoms with Crippen LogP contribution in [0.2, 0.25) is 0 Å². The predicted molar refractivity (Wildman–Crippen MR) is 90.9 cm³/mol. The van der Waals surface area contributed by atoms with Gasteiger partial charge < -0.3 is 14.4 Å². The summed E-state index contributed by atoms with van der Waals surface area (Å²) in [5.41, 5.74) is 1.36. The molecule has 2 rings (SSSR count). The van der Waals surface area contributed by atoms with Crippen LogP contribution in [-0.4, -0.2) is 41.9 Å². The number of nitrogens with zero attached hydrogens (tertiary/aromatic N) is 3. The van der Waals surface area contributed by atoms with Gasteiger partial charge in [-0.15, -0.1) is 0 Å². The molecule has 1 aromatic heterocycles. The number of hydrogen-bond acceptors (Lipinski definition) is 4. The summed E-state index contributed by atoms with van der Waals surface area (Å²) in [7, 11) is 4.82. The normalized spacial score (nSPS) is 10.5. The molecule has 0 N–H and O–H groups in total. The number of amides is 1. The maximum absolute atomic E-state index is 12.9. The molecule has 23 heavy (non-hydrogen) atoms. The third-order valence-electron chi connectivity index (χ3n) is 3.57. The Morgan fingerprint density at radius 3 is 2.43 bits per heavy atom. The quantitative estimate of drug-likeness (QED) is 0.771. The van der Waals surface area contributed by atoms with E-state index >= 15 is 0 Å². The van der Waals surface area contributed by atoms with Crippen molar-refractivity contribution in [3.8, 4) is 11.5 Å². The summed E-state index contributed by atoms with van der Waals surface area (Å²) in [4.78, 5) is 14.5. The van der Waals surface area contributed by atoms with Crippen LogP contribution in [0.3, 0.4) is 0 Å². The number of rotatable bonds is 6. The van der Waals surface area contributed by atoms with Crippen LogP contribution in [0, 0.1) is 0 Å². The summed E-state index contributed by atoms with van der Waals surface area (Å²) in [6.07, 6.45) is 1.74. The highest BCUT2D eigenvalue weighted by Crippen LogP contribution is 2.30. The van der Waals surface area contributed by atoms with E-state index < -0.39 is 0 Å². The van der Waals surface area contributed by atoms with Gasteiger partial charge in [-0.1, -0.05) is 6.07 Å². The lowest BCUT2D eigenvalue weighted by Crippen LogP contribution is -2.28. The fraction of sp³-hybridized carbons (Fsp3) is 0.375. The van der Waals surface area contributed by atoms with Gasteiger partial charge >= 0.3 is 0 Å². The van der Waals surface area contributed by atoms with E-state index in [1.165, 1.54) is 14.2 Å². The van der Waals surface area contributed by atoms with Crippen molar-refractivity contribution in [2.75, 3.05) is 21.3 Å². The van der Waals surface area contributed by atoms with Crippen molar-refractivity contribution in [1.82, 2.24) is 14.7 Å². The van der Waals surface area contributed by atoms with Crippen molar-refractivity contribution >= 4 is 21.8 Å². The Hall–Kier alpha value is -2.02. The van der Waals surface area contributed by atoms with E-state index in [2.05, 4.69) is 21.0 Å². The molecule has 124 valence electrons. The van der Waals surface area contributed by atoms with Gasteiger partial charge in [-0.3, -0.25) is 9.48 Å². The third-order valence-corrected chi connectivity index (χ3v) is 4.24. The molecule has 6 nitrogen and oxygen atoms in total. The molecule has 0 saturated carbocycles. The smallest absolute Gasteiger partial charge is 0.261 e. The Morgan fingerprint density at radius 1 is 1.30 bits per heavy atom. The second kappa shape index (κ2) is 7.50. The van der Waals surface area contributed by atoms with Crippen molar-refractivity contribution in [3.05, 3.63) is 40.1 Å². The standard InChI is InChI=1S/C16H20BrN3O3/c1-5-20-12(11(17)9-18-20)10-19(2)16(21)15-13(22-3)7-6-8-14(15)23-4/h6-9H,5,10H2,1-4H3. The Labute approximate surface area is 144 Å². The molecule has 1 heterocycles. The number of methoxy groups -OCH3 is 2. The molecule has 1 aromatic carbocycles. The fourth-order valence-electron chi connectivity index (χ4n) is 2.37. The van der Waals surface area contributed by atoms with Crippen LogP contribution in [0.25, 0.3) is 0 Å². The minimum atomic E-state index is -0.171. The zero-order valence-corrected chi connectivity index (χ0v) is 15.3.